The van der Waals surface area contributed by atoms with Crippen LogP contribution in [-0.2, 0) is 9.73 Å². The molecule has 16 heavy (non-hydrogen) atoms. The van der Waals surface area contributed by atoms with Crippen molar-refractivity contribution in [2.45, 2.75) is 5.22 Å². The topological polar surface area (TPSA) is 68.3 Å². The maximum atomic E-state index is 11.8. The Morgan fingerprint density at radius 3 is 2.56 bits per heavy atom. The van der Waals surface area contributed by atoms with Gasteiger partial charge >= 0.3 is 5.22 Å². The smallest absolute Gasteiger partial charge is 0.315 e. The molecular formula is C10H11N3O2S. The minimum absolute atomic E-state index is 0.0638. The summed E-state index contributed by atoms with van der Waals surface area (Å²) < 4.78 is 20.9. The zero-order valence-electron chi connectivity index (χ0n) is 8.95. The van der Waals surface area contributed by atoms with Gasteiger partial charge in [-0.15, -0.1) is 5.10 Å². The lowest BCUT2D eigenvalue weighted by atomic mass is 10.2. The fourth-order valence-corrected chi connectivity index (χ4v) is 1.72. The van der Waals surface area contributed by atoms with Gasteiger partial charge in [0.05, 0.1) is 0 Å². The molecular weight excluding hydrogens is 226 g/mol. The van der Waals surface area contributed by atoms with Crippen LogP contribution in [0, 0.1) is 0 Å². The normalized spacial score (nSPS) is 14.4. The Balaban J connectivity index is 2.46. The molecule has 1 heterocycles. The first kappa shape index (κ1) is 10.8. The van der Waals surface area contributed by atoms with Crippen molar-refractivity contribution in [2.75, 3.05) is 13.3 Å². The lowest BCUT2D eigenvalue weighted by molar-refractivity contribution is 0.454. The summed E-state index contributed by atoms with van der Waals surface area (Å²) in [4.78, 5) is 0. The van der Waals surface area contributed by atoms with E-state index in [0.717, 1.165) is 5.56 Å². The maximum Gasteiger partial charge on any atom is 0.315 e. The molecule has 0 N–H and O–H groups in total. The van der Waals surface area contributed by atoms with Crippen molar-refractivity contribution in [1.82, 2.24) is 10.2 Å². The van der Waals surface area contributed by atoms with Gasteiger partial charge in [0, 0.05) is 18.9 Å². The number of hydrogen-bond acceptors (Lipinski definition) is 5. The lowest BCUT2D eigenvalue weighted by Gasteiger charge is -1.94. The Bertz CT molecular complexity index is 598. The molecule has 5 nitrogen and oxygen atoms in total. The Hall–Kier alpha value is -1.69. The van der Waals surface area contributed by atoms with E-state index in [1.165, 1.54) is 13.3 Å². The van der Waals surface area contributed by atoms with Gasteiger partial charge in [0.15, 0.2) is 0 Å². The molecule has 1 unspecified atom stereocenters. The molecule has 0 aliphatic heterocycles. The third kappa shape index (κ3) is 1.96. The summed E-state index contributed by atoms with van der Waals surface area (Å²) in [5, 5.41) is 7.66. The summed E-state index contributed by atoms with van der Waals surface area (Å²) >= 11 is 0. The molecule has 0 amide bonds. The molecule has 0 aliphatic rings. The van der Waals surface area contributed by atoms with Crippen LogP contribution >= 0.6 is 0 Å². The van der Waals surface area contributed by atoms with E-state index in [1.807, 2.05) is 30.3 Å². The molecule has 2 rings (SSSR count). The van der Waals surface area contributed by atoms with Crippen molar-refractivity contribution < 1.29 is 8.63 Å². The van der Waals surface area contributed by atoms with Crippen LogP contribution in [0.5, 0.6) is 0 Å². The molecule has 1 aromatic carbocycles. The van der Waals surface area contributed by atoms with Crippen molar-refractivity contribution >= 4 is 9.73 Å². The van der Waals surface area contributed by atoms with E-state index in [0.29, 0.717) is 5.89 Å². The second-order valence-corrected chi connectivity index (χ2v) is 5.54. The van der Waals surface area contributed by atoms with Crippen molar-refractivity contribution in [1.29, 1.82) is 0 Å². The Morgan fingerprint density at radius 2 is 1.94 bits per heavy atom. The summed E-state index contributed by atoms with van der Waals surface area (Å²) in [5.41, 5.74) is 0.799. The highest BCUT2D eigenvalue weighted by Crippen LogP contribution is 2.19. The van der Waals surface area contributed by atoms with Gasteiger partial charge in [-0.3, -0.25) is 0 Å². The van der Waals surface area contributed by atoms with E-state index >= 15 is 0 Å². The maximum absolute atomic E-state index is 11.8. The van der Waals surface area contributed by atoms with Gasteiger partial charge in [-0.2, -0.15) is 0 Å². The summed E-state index contributed by atoms with van der Waals surface area (Å²) in [6.07, 6.45) is 1.47. The monoisotopic (exact) mass is 237 g/mol. The fourth-order valence-electron chi connectivity index (χ4n) is 1.14. The van der Waals surface area contributed by atoms with Crippen LogP contribution in [0.15, 0.2) is 44.3 Å². The molecule has 1 aromatic heterocycles. The first-order valence-electron chi connectivity index (χ1n) is 4.62. The fraction of sp³-hybridized carbons (Fsp3) is 0.200. The average Bonchev–Trinajstić information content (AvgIpc) is 2.80. The number of hydrogen-bond donors (Lipinski definition) is 0. The predicted molar refractivity (Wildman–Crippen MR) is 60.4 cm³/mol. The second kappa shape index (κ2) is 4.05. The third-order valence-electron chi connectivity index (χ3n) is 2.10. The van der Waals surface area contributed by atoms with Gasteiger partial charge in [-0.1, -0.05) is 23.3 Å². The van der Waals surface area contributed by atoms with E-state index in [-0.39, 0.29) is 5.22 Å². The summed E-state index contributed by atoms with van der Waals surface area (Å²) in [7, 11) is -1.08. The molecule has 0 fully saturated rings. The third-order valence-corrected chi connectivity index (χ3v) is 3.61. The van der Waals surface area contributed by atoms with E-state index in [9.17, 15) is 4.21 Å². The zero-order valence-corrected chi connectivity index (χ0v) is 9.77. The number of benzene rings is 1. The minimum atomic E-state index is -2.55. The number of aromatic nitrogens is 2. The standard InChI is InChI=1S/C10H11N3O2S/c1-11-16(2,14)10-13-12-9(15-10)8-6-4-3-5-7-8/h3-7H,1-2H3. The van der Waals surface area contributed by atoms with E-state index < -0.39 is 9.73 Å². The van der Waals surface area contributed by atoms with Crippen molar-refractivity contribution in [3.63, 3.8) is 0 Å². The van der Waals surface area contributed by atoms with Crippen molar-refractivity contribution in [2.24, 2.45) is 4.36 Å². The van der Waals surface area contributed by atoms with Gasteiger partial charge in [0.25, 0.3) is 0 Å². The van der Waals surface area contributed by atoms with E-state index in [2.05, 4.69) is 14.6 Å². The Morgan fingerprint density at radius 1 is 1.25 bits per heavy atom. The average molecular weight is 237 g/mol. The van der Waals surface area contributed by atoms with Gasteiger partial charge in [-0.25, -0.2) is 8.57 Å². The van der Waals surface area contributed by atoms with Gasteiger partial charge in [0.2, 0.25) is 5.89 Å². The zero-order chi connectivity index (χ0) is 11.6. The van der Waals surface area contributed by atoms with Gasteiger partial charge < -0.3 is 4.42 Å². The van der Waals surface area contributed by atoms with E-state index in [4.69, 9.17) is 4.42 Å². The van der Waals surface area contributed by atoms with Crippen molar-refractivity contribution in [3.8, 4) is 11.5 Å². The van der Waals surface area contributed by atoms with Crippen LogP contribution in [0.3, 0.4) is 0 Å². The molecule has 1 atom stereocenters. The second-order valence-electron chi connectivity index (χ2n) is 3.22. The van der Waals surface area contributed by atoms with Crippen LogP contribution in [0.2, 0.25) is 0 Å². The van der Waals surface area contributed by atoms with Crippen LogP contribution in [0.4, 0.5) is 0 Å². The highest BCUT2D eigenvalue weighted by molar-refractivity contribution is 7.92. The highest BCUT2D eigenvalue weighted by atomic mass is 32.2. The first-order valence-corrected chi connectivity index (χ1v) is 6.55. The number of rotatable bonds is 2. The quantitative estimate of drug-likeness (QED) is 0.799. The van der Waals surface area contributed by atoms with E-state index in [1.54, 1.807) is 0 Å². The molecule has 6 heteroatoms. The lowest BCUT2D eigenvalue weighted by Crippen LogP contribution is -1.96. The highest BCUT2D eigenvalue weighted by Gasteiger charge is 2.15. The molecule has 0 spiro atoms. The van der Waals surface area contributed by atoms with Crippen LogP contribution in [-0.4, -0.2) is 27.7 Å². The Kier molecular flexibility index (Phi) is 2.74. The largest absolute Gasteiger partial charge is 0.409 e. The van der Waals surface area contributed by atoms with Crippen LogP contribution < -0.4 is 0 Å². The van der Waals surface area contributed by atoms with Crippen LogP contribution in [0.25, 0.3) is 11.5 Å². The molecule has 0 radical (unpaired) electrons. The molecule has 0 saturated carbocycles. The van der Waals surface area contributed by atoms with Crippen LogP contribution in [0.1, 0.15) is 0 Å². The minimum Gasteiger partial charge on any atom is -0.409 e. The molecule has 0 saturated heterocycles. The first-order chi connectivity index (χ1) is 7.63. The summed E-state index contributed by atoms with van der Waals surface area (Å²) in [6.45, 7) is 0. The predicted octanol–water partition coefficient (Wildman–Crippen LogP) is 1.82. The van der Waals surface area contributed by atoms with Gasteiger partial charge in [-0.05, 0) is 12.1 Å². The summed E-state index contributed by atoms with van der Waals surface area (Å²) in [5.74, 6) is 0.355. The Labute approximate surface area is 93.7 Å². The number of nitrogens with zero attached hydrogens (tertiary/aromatic N) is 3. The van der Waals surface area contributed by atoms with Gasteiger partial charge in [0.1, 0.15) is 9.73 Å². The summed E-state index contributed by atoms with van der Waals surface area (Å²) in [6, 6.07) is 9.32. The molecule has 0 aliphatic carbocycles. The van der Waals surface area contributed by atoms with Crippen molar-refractivity contribution in [3.05, 3.63) is 30.3 Å². The SMILES string of the molecule is CN=S(C)(=O)c1nnc(-c2ccccc2)o1. The molecule has 2 aromatic rings. The molecule has 0 bridgehead atoms. The molecule has 84 valence electrons.